The highest BCUT2D eigenvalue weighted by atomic mass is 35.5. The van der Waals surface area contributed by atoms with Crippen molar-refractivity contribution in [1.82, 2.24) is 4.98 Å². The maximum atomic E-state index is 12.6. The molecule has 0 spiro atoms. The Balaban J connectivity index is 0.00000420. The van der Waals surface area contributed by atoms with E-state index in [2.05, 4.69) is 15.2 Å². The molecule has 0 fully saturated rings. The number of hydrogen-bond donors (Lipinski definition) is 2. The highest BCUT2D eigenvalue weighted by Crippen LogP contribution is 2.28. The van der Waals surface area contributed by atoms with Crippen LogP contribution in [0.3, 0.4) is 0 Å². The molecule has 0 saturated carbocycles. The molecule has 4 aromatic rings. The number of halogens is 1. The number of carbonyl (C=O) groups excluding carboxylic acids is 2. The van der Waals surface area contributed by atoms with Crippen molar-refractivity contribution in [3.63, 3.8) is 0 Å². The molecule has 39 heavy (non-hydrogen) atoms. The topological polar surface area (TPSA) is 93.4 Å². The van der Waals surface area contributed by atoms with Crippen LogP contribution >= 0.6 is 0 Å². The van der Waals surface area contributed by atoms with E-state index in [1.807, 2.05) is 110 Å². The molecule has 2 N–H and O–H groups in total. The fourth-order valence-corrected chi connectivity index (χ4v) is 4.11. The summed E-state index contributed by atoms with van der Waals surface area (Å²) in [6.07, 6.45) is -1.06. The molecule has 0 aliphatic heterocycles. The van der Waals surface area contributed by atoms with Gasteiger partial charge in [-0.1, -0.05) is 18.2 Å². The van der Waals surface area contributed by atoms with Crippen molar-refractivity contribution < 1.29 is 36.0 Å². The lowest BCUT2D eigenvalue weighted by Gasteiger charge is -2.20. The smallest absolute Gasteiger partial charge is 0.412 e. The maximum Gasteiger partial charge on any atom is 0.412 e. The van der Waals surface area contributed by atoms with Crippen molar-refractivity contribution in [3.8, 4) is 5.69 Å². The zero-order valence-corrected chi connectivity index (χ0v) is 24.4. The van der Waals surface area contributed by atoms with Crippen LogP contribution in [-0.2, 0) is 9.47 Å². The van der Waals surface area contributed by atoms with Gasteiger partial charge in [0, 0.05) is 24.3 Å². The molecule has 0 unspecified atom stereocenters. The van der Waals surface area contributed by atoms with Gasteiger partial charge in [-0.15, -0.1) is 4.57 Å². The molecule has 0 aliphatic carbocycles. The van der Waals surface area contributed by atoms with E-state index in [9.17, 15) is 9.59 Å². The number of hydrogen-bond acceptors (Lipinski definition) is 5. The van der Waals surface area contributed by atoms with Crippen LogP contribution in [-0.4, -0.2) is 28.4 Å². The molecule has 4 rings (SSSR count). The van der Waals surface area contributed by atoms with Crippen LogP contribution in [0.4, 0.5) is 21.0 Å². The molecule has 1 aromatic heterocycles. The molecule has 2 amide bonds. The van der Waals surface area contributed by atoms with Gasteiger partial charge in [0.25, 0.3) is 0 Å². The zero-order chi connectivity index (χ0) is 27.8. The lowest BCUT2D eigenvalue weighted by Crippen LogP contribution is -3.00. The number of aromatic nitrogens is 2. The van der Waals surface area contributed by atoms with Gasteiger partial charge in [-0.05, 0) is 78.6 Å². The predicted octanol–water partition coefficient (Wildman–Crippen LogP) is 3.98. The summed E-state index contributed by atoms with van der Waals surface area (Å²) in [4.78, 5) is 30.1. The van der Waals surface area contributed by atoms with Crippen LogP contribution in [0.15, 0.2) is 54.6 Å². The van der Waals surface area contributed by atoms with Gasteiger partial charge in [0.1, 0.15) is 22.2 Å². The highest BCUT2D eigenvalue weighted by molar-refractivity contribution is 5.93. The van der Waals surface area contributed by atoms with E-state index in [4.69, 9.17) is 14.5 Å². The average molecular weight is 551 g/mol. The minimum Gasteiger partial charge on any atom is -1.00 e. The molecule has 0 bridgehead atoms. The molecule has 0 aliphatic rings. The number of carbonyl (C=O) groups is 2. The van der Waals surface area contributed by atoms with E-state index in [0.717, 1.165) is 38.9 Å². The van der Waals surface area contributed by atoms with Gasteiger partial charge in [-0.3, -0.25) is 10.6 Å². The summed E-state index contributed by atoms with van der Waals surface area (Å²) in [5.74, 6) is 0. The third-order valence-electron chi connectivity index (χ3n) is 5.65. The van der Waals surface area contributed by atoms with Crippen LogP contribution in [0.2, 0.25) is 0 Å². The van der Waals surface area contributed by atoms with Crippen molar-refractivity contribution in [3.05, 3.63) is 65.7 Å². The number of rotatable bonds is 3. The monoisotopic (exact) mass is 550 g/mol. The number of nitrogens with zero attached hydrogens (tertiary/aromatic N) is 2. The minimum absolute atomic E-state index is 0. The Kier molecular flexibility index (Phi) is 8.41. The van der Waals surface area contributed by atoms with E-state index in [1.165, 1.54) is 0 Å². The Labute approximate surface area is 235 Å². The number of nitrogens with one attached hydrogen (secondary N) is 2. The third kappa shape index (κ3) is 7.15. The first-order valence-corrected chi connectivity index (χ1v) is 12.6. The van der Waals surface area contributed by atoms with Crippen molar-refractivity contribution in [1.29, 1.82) is 0 Å². The first kappa shape index (κ1) is 29.6. The van der Waals surface area contributed by atoms with Crippen LogP contribution in [0.1, 0.15) is 52.7 Å². The van der Waals surface area contributed by atoms with Gasteiger partial charge in [0.15, 0.2) is 0 Å². The molecular weight excluding hydrogens is 516 g/mol. The van der Waals surface area contributed by atoms with Crippen molar-refractivity contribution in [2.75, 3.05) is 10.6 Å². The normalized spacial score (nSPS) is 11.6. The molecule has 0 radical (unpaired) electrons. The molecule has 3 aromatic carbocycles. The van der Waals surface area contributed by atoms with E-state index < -0.39 is 23.4 Å². The van der Waals surface area contributed by atoms with E-state index in [-0.39, 0.29) is 12.4 Å². The summed E-state index contributed by atoms with van der Waals surface area (Å²) < 4.78 is 13.0. The molecule has 1 heterocycles. The molecule has 8 nitrogen and oxygen atoms in total. The number of fused-ring (bicyclic) bond motifs is 2. The van der Waals surface area contributed by atoms with Gasteiger partial charge in [0.05, 0.1) is 11.4 Å². The number of para-hydroxylation sites is 1. The molecular formula is C30H35ClN4O4. The van der Waals surface area contributed by atoms with E-state index >= 15 is 0 Å². The van der Waals surface area contributed by atoms with Crippen molar-refractivity contribution >= 4 is 45.6 Å². The number of anilines is 2. The van der Waals surface area contributed by atoms with Gasteiger partial charge >= 0.3 is 12.2 Å². The Hall–Kier alpha value is -3.91. The molecule has 9 heteroatoms. The van der Waals surface area contributed by atoms with Gasteiger partial charge < -0.3 is 21.9 Å². The first-order chi connectivity index (χ1) is 17.7. The number of aryl methyl sites for hydroxylation is 2. The van der Waals surface area contributed by atoms with Crippen LogP contribution < -0.4 is 27.6 Å². The van der Waals surface area contributed by atoms with Crippen molar-refractivity contribution in [2.45, 2.75) is 66.6 Å². The van der Waals surface area contributed by atoms with Crippen LogP contribution in [0.25, 0.3) is 27.8 Å². The summed E-state index contributed by atoms with van der Waals surface area (Å²) in [5.41, 5.74) is 5.72. The van der Waals surface area contributed by atoms with E-state index in [0.29, 0.717) is 11.4 Å². The minimum atomic E-state index is -0.619. The second-order valence-electron chi connectivity index (χ2n) is 11.3. The molecule has 206 valence electrons. The lowest BCUT2D eigenvalue weighted by molar-refractivity contribution is -0.538. The molecule has 0 saturated heterocycles. The summed E-state index contributed by atoms with van der Waals surface area (Å²) in [6, 6.07) is 17.6. The van der Waals surface area contributed by atoms with Gasteiger partial charge in [-0.25, -0.2) is 14.6 Å². The maximum absolute atomic E-state index is 12.6. The summed E-state index contributed by atoms with van der Waals surface area (Å²) in [6.45, 7) is 14.8. The van der Waals surface area contributed by atoms with Crippen molar-refractivity contribution in [2.24, 2.45) is 0 Å². The Morgan fingerprint density at radius 1 is 0.718 bits per heavy atom. The Morgan fingerprint density at radius 2 is 1.13 bits per heavy atom. The Morgan fingerprint density at radius 3 is 1.51 bits per heavy atom. The first-order valence-electron chi connectivity index (χ1n) is 12.6. The number of benzene rings is 3. The number of ether oxygens (including phenoxy) is 2. The summed E-state index contributed by atoms with van der Waals surface area (Å²) in [5, 5.41) is 5.76. The lowest BCUT2D eigenvalue weighted by atomic mass is 10.1. The average Bonchev–Trinajstić information content (AvgIpc) is 2.77. The fourth-order valence-electron chi connectivity index (χ4n) is 4.11. The van der Waals surface area contributed by atoms with Crippen LogP contribution in [0.5, 0.6) is 0 Å². The van der Waals surface area contributed by atoms with Gasteiger partial charge in [0.2, 0.25) is 16.7 Å². The predicted molar refractivity (Wildman–Crippen MR) is 150 cm³/mol. The standard InChI is InChI=1S/C30H34N4O4.ClH/c1-18-14-23-25(16-21(18)32-27(35)37-29(3,4)5)34(20-12-10-9-11-13-20)26-17-22(19(2)15-24(26)31-23)33-28(36)38-30(6,7)8;/h9-17H,1-8H3,(H,32,33,35,36);1H. The quantitative estimate of drug-likeness (QED) is 0.297. The fraction of sp³-hybridized carbons (Fsp3) is 0.333. The summed E-state index contributed by atoms with van der Waals surface area (Å²) in [7, 11) is 0. The second-order valence-corrected chi connectivity index (χ2v) is 11.3. The van der Waals surface area contributed by atoms with Crippen LogP contribution in [0, 0.1) is 13.8 Å². The Bertz CT molecular complexity index is 1450. The highest BCUT2D eigenvalue weighted by Gasteiger charge is 2.24. The third-order valence-corrected chi connectivity index (χ3v) is 5.65. The zero-order valence-electron chi connectivity index (χ0n) is 23.6. The molecule has 0 atom stereocenters. The van der Waals surface area contributed by atoms with Gasteiger partial charge in [-0.2, -0.15) is 0 Å². The second kappa shape index (κ2) is 11.1. The number of amides is 2. The largest absolute Gasteiger partial charge is 1.00 e. The summed E-state index contributed by atoms with van der Waals surface area (Å²) >= 11 is 0. The van der Waals surface area contributed by atoms with E-state index in [1.54, 1.807) is 0 Å². The SMILES string of the molecule is Cc1cc2nc3cc(C)c(NC(=O)OC(C)(C)C)cc3[n+](-c3ccccc3)c2cc1NC(=O)OC(C)(C)C.[Cl-].